The monoisotopic (exact) mass is 280 g/mol. The number of hydrogen-bond acceptors (Lipinski definition) is 5. The maximum absolute atomic E-state index is 11.9. The van der Waals surface area contributed by atoms with Gasteiger partial charge >= 0.3 is 0 Å². The Labute approximate surface area is 119 Å². The number of aromatic amines is 1. The van der Waals surface area contributed by atoms with Crippen LogP contribution < -0.4 is 20.5 Å². The van der Waals surface area contributed by atoms with E-state index in [1.807, 2.05) is 0 Å². The van der Waals surface area contributed by atoms with E-state index in [2.05, 4.69) is 34.0 Å². The standard InChI is InChI=1S/C14H24N4O2/c1-4-15-10(2)11-7-5-6-8-18(11)13-12(20-3)14(19)17-9-16-13/h9-11,15H,4-8H2,1-3H3,(H,16,17,19). The van der Waals surface area contributed by atoms with Crippen molar-refractivity contribution in [2.24, 2.45) is 0 Å². The molecule has 2 heterocycles. The largest absolute Gasteiger partial charge is 0.489 e. The first kappa shape index (κ1) is 14.8. The lowest BCUT2D eigenvalue weighted by molar-refractivity contribution is 0.358. The summed E-state index contributed by atoms with van der Waals surface area (Å²) >= 11 is 0. The second-order valence-electron chi connectivity index (χ2n) is 5.19. The van der Waals surface area contributed by atoms with Crippen molar-refractivity contribution in [1.29, 1.82) is 0 Å². The van der Waals surface area contributed by atoms with Crippen LogP contribution >= 0.6 is 0 Å². The third-order valence-corrected chi connectivity index (χ3v) is 3.92. The zero-order valence-corrected chi connectivity index (χ0v) is 12.5. The van der Waals surface area contributed by atoms with Crippen molar-refractivity contribution in [3.05, 3.63) is 16.7 Å². The molecule has 0 amide bonds. The molecule has 1 aromatic rings. The van der Waals surface area contributed by atoms with Crippen molar-refractivity contribution >= 4 is 5.82 Å². The summed E-state index contributed by atoms with van der Waals surface area (Å²) in [5, 5.41) is 3.47. The molecule has 0 aliphatic carbocycles. The molecule has 0 bridgehead atoms. The molecular weight excluding hydrogens is 256 g/mol. The molecule has 2 unspecified atom stereocenters. The zero-order chi connectivity index (χ0) is 14.5. The molecule has 1 aliphatic heterocycles. The van der Waals surface area contributed by atoms with Crippen molar-refractivity contribution in [3.63, 3.8) is 0 Å². The highest BCUT2D eigenvalue weighted by Crippen LogP contribution is 2.29. The summed E-state index contributed by atoms with van der Waals surface area (Å²) in [6.07, 6.45) is 4.88. The Morgan fingerprint density at radius 2 is 2.40 bits per heavy atom. The van der Waals surface area contributed by atoms with Crippen molar-refractivity contribution in [1.82, 2.24) is 15.3 Å². The number of ether oxygens (including phenoxy) is 1. The average Bonchev–Trinajstić information content (AvgIpc) is 2.47. The minimum absolute atomic E-state index is 0.224. The third kappa shape index (κ3) is 2.95. The predicted octanol–water partition coefficient (Wildman–Crippen LogP) is 1.14. The number of anilines is 1. The van der Waals surface area contributed by atoms with E-state index in [1.165, 1.54) is 19.9 Å². The van der Waals surface area contributed by atoms with Gasteiger partial charge in [0.1, 0.15) is 0 Å². The van der Waals surface area contributed by atoms with Gasteiger partial charge in [-0.05, 0) is 32.7 Å². The number of likely N-dealkylation sites (N-methyl/N-ethyl adjacent to an activating group) is 1. The first-order chi connectivity index (χ1) is 9.69. The average molecular weight is 280 g/mol. The highest BCUT2D eigenvalue weighted by atomic mass is 16.5. The lowest BCUT2D eigenvalue weighted by Crippen LogP contribution is -2.51. The number of methoxy groups -OCH3 is 1. The van der Waals surface area contributed by atoms with Crippen LogP contribution in [0, 0.1) is 0 Å². The van der Waals surface area contributed by atoms with Crippen LogP contribution in [-0.4, -0.2) is 42.3 Å². The molecule has 112 valence electrons. The van der Waals surface area contributed by atoms with Crippen LogP contribution in [-0.2, 0) is 0 Å². The summed E-state index contributed by atoms with van der Waals surface area (Å²) in [6, 6.07) is 0.693. The lowest BCUT2D eigenvalue weighted by atomic mass is 9.96. The van der Waals surface area contributed by atoms with Gasteiger partial charge in [-0.3, -0.25) is 4.79 Å². The predicted molar refractivity (Wildman–Crippen MR) is 79.5 cm³/mol. The highest BCUT2D eigenvalue weighted by Gasteiger charge is 2.30. The fourth-order valence-corrected chi connectivity index (χ4v) is 2.96. The van der Waals surface area contributed by atoms with Gasteiger partial charge in [0.05, 0.1) is 13.4 Å². The molecule has 2 rings (SSSR count). The maximum Gasteiger partial charge on any atom is 0.295 e. The number of piperidine rings is 1. The number of aromatic nitrogens is 2. The Bertz CT molecular complexity index is 488. The van der Waals surface area contributed by atoms with Crippen molar-refractivity contribution in [2.45, 2.75) is 45.2 Å². The SMILES string of the molecule is CCNC(C)C1CCCCN1c1nc[nH]c(=O)c1OC. The summed E-state index contributed by atoms with van der Waals surface area (Å²) in [7, 11) is 1.52. The molecule has 0 saturated carbocycles. The Hall–Kier alpha value is -1.56. The number of hydrogen-bond donors (Lipinski definition) is 2. The molecule has 2 N–H and O–H groups in total. The van der Waals surface area contributed by atoms with E-state index in [1.54, 1.807) is 0 Å². The number of H-pyrrole nitrogens is 1. The molecule has 2 atom stereocenters. The summed E-state index contributed by atoms with van der Waals surface area (Å²) in [5.74, 6) is 0.966. The molecule has 0 radical (unpaired) electrons. The van der Waals surface area contributed by atoms with Gasteiger partial charge in [-0.25, -0.2) is 4.98 Å². The topological polar surface area (TPSA) is 70.2 Å². The molecule has 6 nitrogen and oxygen atoms in total. The van der Waals surface area contributed by atoms with Gasteiger partial charge in [0.25, 0.3) is 5.56 Å². The number of rotatable bonds is 5. The lowest BCUT2D eigenvalue weighted by Gasteiger charge is -2.40. The van der Waals surface area contributed by atoms with Crippen molar-refractivity contribution in [3.8, 4) is 5.75 Å². The van der Waals surface area contributed by atoms with Crippen LogP contribution in [0.1, 0.15) is 33.1 Å². The minimum Gasteiger partial charge on any atom is -0.489 e. The Balaban J connectivity index is 2.32. The minimum atomic E-state index is -0.224. The van der Waals surface area contributed by atoms with E-state index in [9.17, 15) is 4.79 Å². The van der Waals surface area contributed by atoms with Gasteiger partial charge in [0.15, 0.2) is 5.82 Å². The maximum atomic E-state index is 11.9. The first-order valence-electron chi connectivity index (χ1n) is 7.30. The smallest absolute Gasteiger partial charge is 0.295 e. The molecule has 0 aromatic carbocycles. The van der Waals surface area contributed by atoms with E-state index < -0.39 is 0 Å². The van der Waals surface area contributed by atoms with E-state index in [0.717, 1.165) is 25.9 Å². The normalized spacial score (nSPS) is 20.8. The molecular formula is C14H24N4O2. The molecule has 20 heavy (non-hydrogen) atoms. The fourth-order valence-electron chi connectivity index (χ4n) is 2.96. The van der Waals surface area contributed by atoms with Crippen molar-refractivity contribution < 1.29 is 4.74 Å². The van der Waals surface area contributed by atoms with Crippen LogP contribution in [0.4, 0.5) is 5.82 Å². The number of nitrogens with one attached hydrogen (secondary N) is 2. The first-order valence-corrected chi connectivity index (χ1v) is 7.30. The van der Waals surface area contributed by atoms with E-state index in [4.69, 9.17) is 4.74 Å². The van der Waals surface area contributed by atoms with Gasteiger partial charge in [0, 0.05) is 18.6 Å². The van der Waals surface area contributed by atoms with Gasteiger partial charge in [-0.2, -0.15) is 0 Å². The van der Waals surface area contributed by atoms with Gasteiger partial charge in [0.2, 0.25) is 5.75 Å². The summed E-state index contributed by atoms with van der Waals surface area (Å²) in [5.41, 5.74) is -0.224. The van der Waals surface area contributed by atoms with Crippen LogP contribution in [0.5, 0.6) is 5.75 Å². The van der Waals surface area contributed by atoms with E-state index in [-0.39, 0.29) is 5.56 Å². The number of nitrogens with zero attached hydrogens (tertiary/aromatic N) is 2. The highest BCUT2D eigenvalue weighted by molar-refractivity contribution is 5.52. The Morgan fingerprint density at radius 1 is 1.60 bits per heavy atom. The molecule has 1 fully saturated rings. The second-order valence-corrected chi connectivity index (χ2v) is 5.19. The summed E-state index contributed by atoms with van der Waals surface area (Å²) in [4.78, 5) is 21.0. The van der Waals surface area contributed by atoms with Crippen LogP contribution in [0.3, 0.4) is 0 Å². The van der Waals surface area contributed by atoms with E-state index in [0.29, 0.717) is 23.7 Å². The quantitative estimate of drug-likeness (QED) is 0.846. The summed E-state index contributed by atoms with van der Waals surface area (Å²) in [6.45, 7) is 6.14. The summed E-state index contributed by atoms with van der Waals surface area (Å²) < 4.78 is 5.25. The second kappa shape index (κ2) is 6.74. The molecule has 1 saturated heterocycles. The molecule has 6 heteroatoms. The fraction of sp³-hybridized carbons (Fsp3) is 0.714. The van der Waals surface area contributed by atoms with Gasteiger partial charge < -0.3 is 19.9 Å². The van der Waals surface area contributed by atoms with Crippen LogP contribution in [0.2, 0.25) is 0 Å². The molecule has 1 aliphatic rings. The van der Waals surface area contributed by atoms with Crippen LogP contribution in [0.25, 0.3) is 0 Å². The van der Waals surface area contributed by atoms with Crippen molar-refractivity contribution in [2.75, 3.05) is 25.1 Å². The van der Waals surface area contributed by atoms with Gasteiger partial charge in [-0.15, -0.1) is 0 Å². The van der Waals surface area contributed by atoms with E-state index >= 15 is 0 Å². The Morgan fingerprint density at radius 3 is 3.10 bits per heavy atom. The van der Waals surface area contributed by atoms with Crippen LogP contribution in [0.15, 0.2) is 11.1 Å². The van der Waals surface area contributed by atoms with Gasteiger partial charge in [-0.1, -0.05) is 6.92 Å². The zero-order valence-electron chi connectivity index (χ0n) is 12.5. The molecule has 1 aromatic heterocycles. The molecule has 0 spiro atoms. The third-order valence-electron chi connectivity index (χ3n) is 3.92. The Kier molecular flexibility index (Phi) is 5.00.